The summed E-state index contributed by atoms with van der Waals surface area (Å²) in [5.41, 5.74) is 0.901. The molecule has 0 radical (unpaired) electrons. The van der Waals surface area contributed by atoms with Crippen molar-refractivity contribution in [1.29, 1.82) is 0 Å². The van der Waals surface area contributed by atoms with Crippen LogP contribution < -0.4 is 24.8 Å². The first-order chi connectivity index (χ1) is 16.5. The lowest BCUT2D eigenvalue weighted by atomic mass is 10.1. The first-order valence-electron chi connectivity index (χ1n) is 10.4. The third-order valence-electron chi connectivity index (χ3n) is 4.99. The summed E-state index contributed by atoms with van der Waals surface area (Å²) in [6.07, 6.45) is 1.49. The number of nitrogens with zero attached hydrogens (tertiary/aromatic N) is 1. The molecule has 34 heavy (non-hydrogen) atoms. The molecule has 0 spiro atoms. The van der Waals surface area contributed by atoms with Crippen LogP contribution in [-0.2, 0) is 16.1 Å². The number of fused-ring (bicyclic) bond motifs is 1. The maximum atomic E-state index is 13.2. The molecule has 2 heterocycles. The van der Waals surface area contributed by atoms with E-state index in [0.29, 0.717) is 34.3 Å². The highest BCUT2D eigenvalue weighted by Gasteiger charge is 2.23. The largest absolute Gasteiger partial charge is 0.497 e. The van der Waals surface area contributed by atoms with Gasteiger partial charge in [0.2, 0.25) is 18.6 Å². The molecule has 10 nitrogen and oxygen atoms in total. The molecule has 1 aliphatic rings. The molecule has 0 unspecified atom stereocenters. The fourth-order valence-electron chi connectivity index (χ4n) is 3.29. The highest BCUT2D eigenvalue weighted by atomic mass is 16.7. The molecule has 0 bridgehead atoms. The molecule has 2 aromatic carbocycles. The number of amides is 3. The van der Waals surface area contributed by atoms with Crippen molar-refractivity contribution in [3.05, 3.63) is 72.2 Å². The molecule has 10 heteroatoms. The van der Waals surface area contributed by atoms with Gasteiger partial charge >= 0.3 is 0 Å². The molecule has 176 valence electrons. The van der Waals surface area contributed by atoms with Gasteiger partial charge in [-0.2, -0.15) is 0 Å². The molecule has 0 aliphatic carbocycles. The summed E-state index contributed by atoms with van der Waals surface area (Å²) in [6, 6.07) is 15.0. The average molecular weight is 465 g/mol. The van der Waals surface area contributed by atoms with Crippen molar-refractivity contribution in [3.63, 3.8) is 0 Å². The third-order valence-corrected chi connectivity index (χ3v) is 4.99. The molecule has 2 N–H and O–H groups in total. The zero-order valence-electron chi connectivity index (χ0n) is 18.4. The van der Waals surface area contributed by atoms with Gasteiger partial charge < -0.3 is 34.2 Å². The summed E-state index contributed by atoms with van der Waals surface area (Å²) < 4.78 is 21.0. The summed E-state index contributed by atoms with van der Waals surface area (Å²) in [5.74, 6) is 0.892. The van der Waals surface area contributed by atoms with Crippen molar-refractivity contribution >= 4 is 23.4 Å². The smallest absolute Gasteiger partial charge is 0.254 e. The van der Waals surface area contributed by atoms with Crippen molar-refractivity contribution in [3.8, 4) is 17.2 Å². The summed E-state index contributed by atoms with van der Waals surface area (Å²) in [5, 5.41) is 5.22. The number of nitrogens with one attached hydrogen (secondary N) is 2. The Hall–Kier alpha value is -4.47. The quantitative estimate of drug-likeness (QED) is 0.498. The number of ether oxygens (including phenoxy) is 3. The van der Waals surface area contributed by atoms with Gasteiger partial charge in [-0.3, -0.25) is 14.4 Å². The van der Waals surface area contributed by atoms with Gasteiger partial charge in [-0.15, -0.1) is 0 Å². The Morgan fingerprint density at radius 3 is 2.53 bits per heavy atom. The van der Waals surface area contributed by atoms with Crippen LogP contribution in [0.4, 0.5) is 5.69 Å². The summed E-state index contributed by atoms with van der Waals surface area (Å²) in [6.45, 7) is -0.364. The van der Waals surface area contributed by atoms with Crippen molar-refractivity contribution in [2.75, 3.05) is 32.3 Å². The van der Waals surface area contributed by atoms with Gasteiger partial charge in [-0.25, -0.2) is 0 Å². The number of hydrogen-bond acceptors (Lipinski definition) is 7. The number of anilines is 1. The van der Waals surface area contributed by atoms with Crippen molar-refractivity contribution in [1.82, 2.24) is 10.2 Å². The Morgan fingerprint density at radius 1 is 1.00 bits per heavy atom. The number of hydrogen-bond donors (Lipinski definition) is 2. The Kier molecular flexibility index (Phi) is 6.97. The molecular weight excluding hydrogens is 442 g/mol. The standard InChI is InChI=1S/C24H23N3O7/c1-31-18-7-5-17(6-8-18)26-22(28)12-25-23(29)14-27(13-19-3-2-10-32-19)24(30)16-4-9-20-21(11-16)34-15-33-20/h2-11H,12-15H2,1H3,(H,25,29)(H,26,28). The van der Waals surface area contributed by atoms with Crippen LogP contribution in [0.5, 0.6) is 17.2 Å². The second-order valence-electron chi connectivity index (χ2n) is 7.36. The number of methoxy groups -OCH3 is 1. The minimum Gasteiger partial charge on any atom is -0.497 e. The van der Waals surface area contributed by atoms with Crippen molar-refractivity contribution in [2.24, 2.45) is 0 Å². The minimum atomic E-state index is -0.495. The van der Waals surface area contributed by atoms with Gasteiger partial charge in [0.05, 0.1) is 26.5 Å². The van der Waals surface area contributed by atoms with E-state index in [-0.39, 0.29) is 26.4 Å². The fraction of sp³-hybridized carbons (Fsp3) is 0.208. The van der Waals surface area contributed by atoms with Crippen molar-refractivity contribution in [2.45, 2.75) is 6.54 Å². The van der Waals surface area contributed by atoms with Gasteiger partial charge in [0, 0.05) is 11.3 Å². The minimum absolute atomic E-state index is 0.0751. The van der Waals surface area contributed by atoms with E-state index >= 15 is 0 Å². The number of benzene rings is 2. The molecule has 3 amide bonds. The van der Waals surface area contributed by atoms with Crippen molar-refractivity contribution < 1.29 is 33.0 Å². The van der Waals surface area contributed by atoms with E-state index in [1.807, 2.05) is 0 Å². The van der Waals surface area contributed by atoms with Crippen LogP contribution in [0.1, 0.15) is 16.1 Å². The molecule has 0 saturated heterocycles. The first-order valence-corrected chi connectivity index (χ1v) is 10.4. The fourth-order valence-corrected chi connectivity index (χ4v) is 3.29. The van der Waals surface area contributed by atoms with Crippen LogP contribution in [0.25, 0.3) is 0 Å². The average Bonchev–Trinajstić information content (AvgIpc) is 3.54. The van der Waals surface area contributed by atoms with Crippen LogP contribution in [0, 0.1) is 0 Å². The number of carbonyl (C=O) groups excluding carboxylic acids is 3. The maximum absolute atomic E-state index is 13.2. The Bertz CT molecular complexity index is 1160. The predicted octanol–water partition coefficient (Wildman–Crippen LogP) is 2.41. The van der Waals surface area contributed by atoms with E-state index in [1.54, 1.807) is 61.7 Å². The lowest BCUT2D eigenvalue weighted by molar-refractivity contribution is -0.124. The zero-order valence-corrected chi connectivity index (χ0v) is 18.4. The highest BCUT2D eigenvalue weighted by Crippen LogP contribution is 2.33. The second-order valence-corrected chi connectivity index (χ2v) is 7.36. The van der Waals surface area contributed by atoms with E-state index in [2.05, 4.69) is 10.6 Å². The van der Waals surface area contributed by atoms with Crippen LogP contribution in [-0.4, -0.2) is 49.6 Å². The normalized spacial score (nSPS) is 11.6. The van der Waals surface area contributed by atoms with Crippen LogP contribution >= 0.6 is 0 Å². The molecule has 4 rings (SSSR count). The van der Waals surface area contributed by atoms with E-state index < -0.39 is 17.7 Å². The van der Waals surface area contributed by atoms with E-state index in [0.717, 1.165) is 0 Å². The van der Waals surface area contributed by atoms with Gasteiger partial charge in [-0.05, 0) is 54.6 Å². The van der Waals surface area contributed by atoms with Gasteiger partial charge in [0.15, 0.2) is 11.5 Å². The topological polar surface area (TPSA) is 119 Å². The monoisotopic (exact) mass is 465 g/mol. The molecule has 3 aromatic rings. The second kappa shape index (κ2) is 10.4. The Morgan fingerprint density at radius 2 is 1.79 bits per heavy atom. The van der Waals surface area contributed by atoms with Gasteiger partial charge in [0.1, 0.15) is 18.1 Å². The highest BCUT2D eigenvalue weighted by molar-refractivity contribution is 5.98. The summed E-state index contributed by atoms with van der Waals surface area (Å²) >= 11 is 0. The SMILES string of the molecule is COc1ccc(NC(=O)CNC(=O)CN(Cc2ccco2)C(=O)c2ccc3c(c2)OCO3)cc1. The van der Waals surface area contributed by atoms with E-state index in [4.69, 9.17) is 18.6 Å². The maximum Gasteiger partial charge on any atom is 0.254 e. The van der Waals surface area contributed by atoms with Crippen LogP contribution in [0.15, 0.2) is 65.3 Å². The lowest BCUT2D eigenvalue weighted by Gasteiger charge is -2.21. The molecular formula is C24H23N3O7. The zero-order chi connectivity index (χ0) is 23.9. The van der Waals surface area contributed by atoms with Crippen LogP contribution in [0.3, 0.4) is 0 Å². The van der Waals surface area contributed by atoms with Gasteiger partial charge in [-0.1, -0.05) is 0 Å². The Balaban J connectivity index is 1.36. The summed E-state index contributed by atoms with van der Waals surface area (Å²) in [4.78, 5) is 39.3. The molecule has 0 fully saturated rings. The number of rotatable bonds is 9. The predicted molar refractivity (Wildman–Crippen MR) is 121 cm³/mol. The van der Waals surface area contributed by atoms with Gasteiger partial charge in [0.25, 0.3) is 5.91 Å². The molecule has 1 aliphatic heterocycles. The lowest BCUT2D eigenvalue weighted by Crippen LogP contribution is -2.42. The van der Waals surface area contributed by atoms with E-state index in [1.165, 1.54) is 11.2 Å². The molecule has 0 saturated carbocycles. The Labute approximate surface area is 195 Å². The molecule has 0 atom stereocenters. The third kappa shape index (κ3) is 5.66. The molecule has 1 aromatic heterocycles. The number of furan rings is 1. The van der Waals surface area contributed by atoms with Crippen LogP contribution in [0.2, 0.25) is 0 Å². The summed E-state index contributed by atoms with van der Waals surface area (Å²) in [7, 11) is 1.55. The number of carbonyl (C=O) groups is 3. The van der Waals surface area contributed by atoms with E-state index in [9.17, 15) is 14.4 Å². The first kappa shape index (κ1) is 22.7.